The van der Waals surface area contributed by atoms with Gasteiger partial charge >= 0.3 is 18.3 Å². The van der Waals surface area contributed by atoms with E-state index < -0.39 is 49.4 Å². The van der Waals surface area contributed by atoms with E-state index in [-0.39, 0.29) is 56.3 Å². The third-order valence-corrected chi connectivity index (χ3v) is 4.94. The van der Waals surface area contributed by atoms with Crippen molar-refractivity contribution in [2.24, 2.45) is 0 Å². The van der Waals surface area contributed by atoms with Crippen molar-refractivity contribution in [2.45, 2.75) is 39.2 Å². The Labute approximate surface area is 208 Å². The first-order chi connectivity index (χ1) is 16.8. The smallest absolute Gasteiger partial charge is 0.393 e. The van der Waals surface area contributed by atoms with Gasteiger partial charge in [0, 0.05) is 21.9 Å². The lowest BCUT2D eigenvalue weighted by atomic mass is 10.0. The van der Waals surface area contributed by atoms with E-state index in [9.17, 15) is 39.9 Å². The van der Waals surface area contributed by atoms with E-state index in [0.29, 0.717) is 0 Å². The van der Waals surface area contributed by atoms with Crippen LogP contribution >= 0.6 is 0 Å². The highest BCUT2D eigenvalue weighted by Gasteiger charge is 2.32. The number of aliphatic hydroxyl groups is 1. The number of carbonyl (C=O) groups is 1. The van der Waals surface area contributed by atoms with E-state index in [1.165, 1.54) is 6.07 Å². The second-order valence-electron chi connectivity index (χ2n) is 7.47. The molecule has 14 heteroatoms. The fourth-order valence-corrected chi connectivity index (χ4v) is 3.54. The number of hydrogen-bond acceptors (Lipinski definition) is 5. The first-order valence-electron chi connectivity index (χ1n) is 9.94. The van der Waals surface area contributed by atoms with Crippen molar-refractivity contribution in [3.63, 3.8) is 0 Å². The topological polar surface area (TPSA) is 72.8 Å². The average molecular weight is 560 g/mol. The first-order valence-corrected chi connectivity index (χ1v) is 9.94. The Morgan fingerprint density at radius 2 is 1.26 bits per heavy atom. The lowest BCUT2D eigenvalue weighted by Crippen LogP contribution is -2.12. The monoisotopic (exact) mass is 560 g/mol. The van der Waals surface area contributed by atoms with Gasteiger partial charge in [0.2, 0.25) is 0 Å². The molecule has 210 valence electrons. The van der Waals surface area contributed by atoms with Gasteiger partial charge in [-0.2, -0.15) is 26.3 Å². The normalized spacial score (nSPS) is 11.4. The molecule has 5 nitrogen and oxygen atoms in total. The number of alkyl halides is 6. The Bertz CT molecular complexity index is 1380. The molecule has 0 radical (unpaired) electrons. The SMILES string of the molecule is C.COC(=O)c1ccc(F)c2occ(CC(F)(F)F)c12.F.OCc1ccc(F)c2occ(CC(F)(F)F)c12. The fraction of sp³-hybridized carbons (Fsp3) is 0.292. The van der Waals surface area contributed by atoms with Crippen LogP contribution in [0.4, 0.5) is 39.8 Å². The number of halogens is 9. The zero-order valence-corrected chi connectivity index (χ0v) is 18.6. The van der Waals surface area contributed by atoms with Crippen LogP contribution in [-0.2, 0) is 24.2 Å². The number of methoxy groups -OCH3 is 1. The van der Waals surface area contributed by atoms with Crippen LogP contribution in [-0.4, -0.2) is 30.5 Å². The molecule has 1 N–H and O–H groups in total. The third-order valence-electron chi connectivity index (χ3n) is 4.94. The van der Waals surface area contributed by atoms with Crippen LogP contribution in [0.25, 0.3) is 21.9 Å². The predicted octanol–water partition coefficient (Wildman–Crippen LogP) is 7.42. The molecule has 0 aliphatic heterocycles. The van der Waals surface area contributed by atoms with E-state index in [1.807, 2.05) is 0 Å². The van der Waals surface area contributed by atoms with Gasteiger partial charge in [-0.3, -0.25) is 4.70 Å². The van der Waals surface area contributed by atoms with Gasteiger partial charge in [0.15, 0.2) is 22.8 Å². The molecule has 0 spiro atoms. The number of aliphatic hydroxyl groups excluding tert-OH is 1. The standard InChI is InChI=1S/C12H8F4O3.C11H8F4O2.CH4.FH/c1-18-11(17)7-2-3-8(13)10-9(7)6(5-19-10)4-12(14,15)16;12-8-2-1-6(4-16)9-7(3-11(13,14)15)5-17-10(8)9;;/h2-3,5H,4H2,1H3;1-2,5,16H,3-4H2;1H4;1H. The summed E-state index contributed by atoms with van der Waals surface area (Å²) < 4.78 is 115. The number of esters is 1. The van der Waals surface area contributed by atoms with Crippen LogP contribution in [0, 0.1) is 11.6 Å². The largest absolute Gasteiger partial charge is 0.465 e. The summed E-state index contributed by atoms with van der Waals surface area (Å²) in [5.41, 5.74) is -1.06. The van der Waals surface area contributed by atoms with Crippen LogP contribution < -0.4 is 0 Å². The minimum Gasteiger partial charge on any atom is -0.465 e. The zero-order valence-electron chi connectivity index (χ0n) is 18.6. The van der Waals surface area contributed by atoms with Crippen molar-refractivity contribution in [3.8, 4) is 0 Å². The fourth-order valence-electron chi connectivity index (χ4n) is 3.54. The van der Waals surface area contributed by atoms with Gasteiger partial charge in [0.25, 0.3) is 0 Å². The molecule has 0 aliphatic rings. The number of benzene rings is 2. The molecular weight excluding hydrogens is 539 g/mol. The van der Waals surface area contributed by atoms with Gasteiger partial charge in [-0.1, -0.05) is 13.5 Å². The lowest BCUT2D eigenvalue weighted by Gasteiger charge is -2.06. The maximum absolute atomic E-state index is 13.5. The van der Waals surface area contributed by atoms with E-state index in [2.05, 4.69) is 4.74 Å². The van der Waals surface area contributed by atoms with E-state index in [4.69, 9.17) is 13.9 Å². The highest BCUT2D eigenvalue weighted by atomic mass is 19.4. The highest BCUT2D eigenvalue weighted by Crippen LogP contribution is 2.33. The van der Waals surface area contributed by atoms with Gasteiger partial charge in [-0.25, -0.2) is 13.6 Å². The molecule has 0 unspecified atom stereocenters. The molecule has 2 aromatic heterocycles. The minimum atomic E-state index is -4.49. The molecule has 0 saturated heterocycles. The van der Waals surface area contributed by atoms with Crippen molar-refractivity contribution in [3.05, 3.63) is 70.7 Å². The summed E-state index contributed by atoms with van der Waals surface area (Å²) in [5.74, 6) is -2.43. The number of carbonyl (C=O) groups excluding carboxylic acids is 1. The number of fused-ring (bicyclic) bond motifs is 2. The van der Waals surface area contributed by atoms with E-state index in [1.54, 1.807) is 0 Å². The van der Waals surface area contributed by atoms with Gasteiger partial charge < -0.3 is 18.7 Å². The first kappa shape index (κ1) is 32.3. The molecule has 2 heterocycles. The molecule has 0 amide bonds. The summed E-state index contributed by atoms with van der Waals surface area (Å²) in [6.45, 7) is -0.471. The summed E-state index contributed by atoms with van der Waals surface area (Å²) in [5, 5.41) is 8.82. The summed E-state index contributed by atoms with van der Waals surface area (Å²) in [6.07, 6.45) is -9.75. The van der Waals surface area contributed by atoms with Crippen molar-refractivity contribution >= 4 is 27.9 Å². The van der Waals surface area contributed by atoms with Crippen LogP contribution in [0.1, 0.15) is 34.5 Å². The number of furan rings is 2. The Balaban J connectivity index is 0.000000363. The quantitative estimate of drug-likeness (QED) is 0.208. The molecule has 4 aromatic rings. The molecule has 0 atom stereocenters. The minimum absolute atomic E-state index is 0. The molecular formula is C24H21F9O5. The van der Waals surface area contributed by atoms with Gasteiger partial charge in [-0.05, 0) is 23.8 Å². The number of ether oxygens (including phenoxy) is 1. The maximum atomic E-state index is 13.5. The number of hydrogen-bond donors (Lipinski definition) is 1. The molecule has 0 fully saturated rings. The molecule has 0 saturated carbocycles. The zero-order chi connectivity index (χ0) is 26.8. The van der Waals surface area contributed by atoms with E-state index in [0.717, 1.165) is 37.8 Å². The van der Waals surface area contributed by atoms with Crippen molar-refractivity contribution in [1.82, 2.24) is 0 Å². The molecule has 0 aliphatic carbocycles. The van der Waals surface area contributed by atoms with Crippen molar-refractivity contribution in [2.75, 3.05) is 7.11 Å². The Hall–Kier alpha value is -3.68. The maximum Gasteiger partial charge on any atom is 0.393 e. The average Bonchev–Trinajstić information content (AvgIpc) is 3.38. The lowest BCUT2D eigenvalue weighted by molar-refractivity contribution is -0.128. The Morgan fingerprint density at radius 3 is 1.71 bits per heavy atom. The summed E-state index contributed by atoms with van der Waals surface area (Å²) >= 11 is 0. The summed E-state index contributed by atoms with van der Waals surface area (Å²) in [6, 6.07) is 4.30. The molecule has 2 aromatic carbocycles. The van der Waals surface area contributed by atoms with Crippen LogP contribution in [0.3, 0.4) is 0 Å². The molecule has 4 rings (SSSR count). The second-order valence-corrected chi connectivity index (χ2v) is 7.47. The van der Waals surface area contributed by atoms with Gasteiger partial charge in [-0.15, -0.1) is 0 Å². The third kappa shape index (κ3) is 7.21. The molecule has 0 bridgehead atoms. The van der Waals surface area contributed by atoms with Crippen LogP contribution in [0.2, 0.25) is 0 Å². The summed E-state index contributed by atoms with van der Waals surface area (Å²) in [4.78, 5) is 11.5. The van der Waals surface area contributed by atoms with E-state index >= 15 is 0 Å². The second kappa shape index (κ2) is 12.2. The Kier molecular flexibility index (Phi) is 10.4. The predicted molar refractivity (Wildman–Crippen MR) is 118 cm³/mol. The molecule has 38 heavy (non-hydrogen) atoms. The van der Waals surface area contributed by atoms with Crippen molar-refractivity contribution < 1.29 is 63.3 Å². The summed E-state index contributed by atoms with van der Waals surface area (Å²) in [7, 11) is 1.08. The van der Waals surface area contributed by atoms with Crippen LogP contribution in [0.5, 0.6) is 0 Å². The number of rotatable bonds is 4. The Morgan fingerprint density at radius 1 is 0.816 bits per heavy atom. The van der Waals surface area contributed by atoms with Gasteiger partial charge in [0.1, 0.15) is 0 Å². The van der Waals surface area contributed by atoms with Crippen molar-refractivity contribution in [1.29, 1.82) is 0 Å². The highest BCUT2D eigenvalue weighted by molar-refractivity contribution is 6.04. The van der Waals surface area contributed by atoms with Gasteiger partial charge in [0.05, 0.1) is 44.6 Å². The van der Waals surface area contributed by atoms with Crippen LogP contribution in [0.15, 0.2) is 45.6 Å².